The van der Waals surface area contributed by atoms with Crippen molar-refractivity contribution >= 4 is 11.9 Å². The Morgan fingerprint density at radius 2 is 1.76 bits per heavy atom. The molecule has 4 rings (SSSR count). The Balaban J connectivity index is 1.30. The van der Waals surface area contributed by atoms with Crippen LogP contribution in [-0.4, -0.2) is 66.6 Å². The van der Waals surface area contributed by atoms with Crippen molar-refractivity contribution in [3.05, 3.63) is 66.0 Å². The van der Waals surface area contributed by atoms with E-state index in [0.29, 0.717) is 32.6 Å². The summed E-state index contributed by atoms with van der Waals surface area (Å²) < 4.78 is 19.2. The monoisotopic (exact) mass is 454 g/mol. The highest BCUT2D eigenvalue weighted by Gasteiger charge is 2.42. The van der Waals surface area contributed by atoms with Gasteiger partial charge in [-0.2, -0.15) is 0 Å². The maximum Gasteiger partial charge on any atom is 0.317 e. The molecule has 0 bridgehead atoms. The molecule has 7 nitrogen and oxygen atoms in total. The molecule has 2 aromatic carbocycles. The number of likely N-dealkylation sites (tertiary alicyclic amines) is 2. The topological polar surface area (TPSA) is 73.9 Å². The van der Waals surface area contributed by atoms with E-state index in [2.05, 4.69) is 15.5 Å². The van der Waals surface area contributed by atoms with Gasteiger partial charge in [0.25, 0.3) is 0 Å². The number of amides is 3. The predicted molar refractivity (Wildman–Crippen MR) is 123 cm³/mol. The van der Waals surface area contributed by atoms with Crippen LogP contribution in [0.5, 0.6) is 5.75 Å². The van der Waals surface area contributed by atoms with Gasteiger partial charge in [-0.15, -0.1) is 0 Å². The average Bonchev–Trinajstić information content (AvgIpc) is 3.27. The lowest BCUT2D eigenvalue weighted by Gasteiger charge is -2.38. The zero-order chi connectivity index (χ0) is 23.2. The number of halogens is 1. The highest BCUT2D eigenvalue weighted by atomic mass is 19.1. The van der Waals surface area contributed by atoms with E-state index in [9.17, 15) is 14.0 Å². The quantitative estimate of drug-likeness (QED) is 0.704. The van der Waals surface area contributed by atoms with Gasteiger partial charge in [0.1, 0.15) is 17.7 Å². The molecule has 2 fully saturated rings. The maximum atomic E-state index is 13.0. The molecular formula is C25H31FN4O3. The van der Waals surface area contributed by atoms with Gasteiger partial charge in [0.15, 0.2) is 0 Å². The summed E-state index contributed by atoms with van der Waals surface area (Å²) in [7, 11) is 1.67. The first-order valence-corrected chi connectivity index (χ1v) is 11.5. The lowest BCUT2D eigenvalue weighted by Crippen LogP contribution is -2.53. The highest BCUT2D eigenvalue weighted by molar-refractivity contribution is 5.82. The van der Waals surface area contributed by atoms with E-state index >= 15 is 0 Å². The Kier molecular flexibility index (Phi) is 7.44. The number of carbonyl (C=O) groups excluding carboxylic acids is 2. The average molecular weight is 455 g/mol. The van der Waals surface area contributed by atoms with E-state index in [-0.39, 0.29) is 35.9 Å². The first kappa shape index (κ1) is 23.0. The molecule has 2 aliphatic heterocycles. The van der Waals surface area contributed by atoms with Gasteiger partial charge in [-0.3, -0.25) is 9.69 Å². The second kappa shape index (κ2) is 10.7. The van der Waals surface area contributed by atoms with Crippen molar-refractivity contribution in [2.75, 3.05) is 26.7 Å². The zero-order valence-electron chi connectivity index (χ0n) is 18.9. The Bertz CT molecular complexity index is 932. The molecule has 2 atom stereocenters. The number of para-hydroxylation sites is 1. The van der Waals surface area contributed by atoms with E-state index in [1.54, 1.807) is 19.2 Å². The van der Waals surface area contributed by atoms with Crippen LogP contribution in [0, 0.1) is 5.82 Å². The number of likely N-dealkylation sites (N-methyl/N-ethyl adjacent to an activating group) is 1. The smallest absolute Gasteiger partial charge is 0.317 e. The van der Waals surface area contributed by atoms with Crippen molar-refractivity contribution in [1.82, 2.24) is 20.4 Å². The molecule has 2 heterocycles. The molecule has 2 aromatic rings. The Morgan fingerprint density at radius 3 is 2.42 bits per heavy atom. The second-order valence-electron chi connectivity index (χ2n) is 8.62. The summed E-state index contributed by atoms with van der Waals surface area (Å²) in [5.74, 6) is 0.529. The molecule has 0 spiro atoms. The molecule has 0 radical (unpaired) electrons. The summed E-state index contributed by atoms with van der Waals surface area (Å²) in [5, 5.41) is 5.70. The first-order valence-electron chi connectivity index (χ1n) is 11.5. The van der Waals surface area contributed by atoms with Crippen LogP contribution in [0.4, 0.5) is 9.18 Å². The molecule has 2 saturated heterocycles. The lowest BCUT2D eigenvalue weighted by atomic mass is 10.0. The van der Waals surface area contributed by atoms with Gasteiger partial charge in [-0.05, 0) is 42.7 Å². The van der Waals surface area contributed by atoms with Crippen molar-refractivity contribution in [1.29, 1.82) is 0 Å². The fraction of sp³-hybridized carbons (Fsp3) is 0.440. The predicted octanol–water partition coefficient (Wildman–Crippen LogP) is 2.77. The number of nitrogens with one attached hydrogen (secondary N) is 2. The number of hydrogen-bond acceptors (Lipinski definition) is 4. The van der Waals surface area contributed by atoms with E-state index in [4.69, 9.17) is 4.74 Å². The number of piperidine rings is 1. The molecule has 0 aromatic heterocycles. The van der Waals surface area contributed by atoms with Crippen LogP contribution in [0.15, 0.2) is 54.6 Å². The third-order valence-electron chi connectivity index (χ3n) is 6.47. The molecule has 0 aliphatic carbocycles. The summed E-state index contributed by atoms with van der Waals surface area (Å²) >= 11 is 0. The van der Waals surface area contributed by atoms with Gasteiger partial charge < -0.3 is 20.3 Å². The van der Waals surface area contributed by atoms with E-state index < -0.39 is 0 Å². The Hall–Kier alpha value is -3.13. The fourth-order valence-electron chi connectivity index (χ4n) is 4.72. The molecule has 0 unspecified atom stereocenters. The normalized spacial score (nSPS) is 21.6. The number of urea groups is 1. The van der Waals surface area contributed by atoms with Gasteiger partial charge >= 0.3 is 6.03 Å². The van der Waals surface area contributed by atoms with E-state index in [1.165, 1.54) is 12.1 Å². The van der Waals surface area contributed by atoms with E-state index in [1.807, 2.05) is 35.2 Å². The highest BCUT2D eigenvalue weighted by Crippen LogP contribution is 2.29. The summed E-state index contributed by atoms with van der Waals surface area (Å²) in [6.07, 6.45) is 2.20. The molecule has 33 heavy (non-hydrogen) atoms. The summed E-state index contributed by atoms with van der Waals surface area (Å²) in [5.41, 5.74) is 0.856. The minimum Gasteiger partial charge on any atom is -0.489 e. The van der Waals surface area contributed by atoms with Crippen LogP contribution in [0.1, 0.15) is 24.8 Å². The molecule has 2 aliphatic rings. The van der Waals surface area contributed by atoms with Crippen LogP contribution in [0.2, 0.25) is 0 Å². The minimum absolute atomic E-state index is 0.00799. The van der Waals surface area contributed by atoms with Gasteiger partial charge in [0, 0.05) is 45.7 Å². The fourth-order valence-corrected chi connectivity index (χ4v) is 4.72. The number of carbonyl (C=O) groups is 2. The largest absolute Gasteiger partial charge is 0.489 e. The van der Waals surface area contributed by atoms with E-state index in [0.717, 1.165) is 24.2 Å². The van der Waals surface area contributed by atoms with Gasteiger partial charge in [-0.25, -0.2) is 9.18 Å². The summed E-state index contributed by atoms with van der Waals surface area (Å²) in [4.78, 5) is 29.2. The van der Waals surface area contributed by atoms with Gasteiger partial charge in [-0.1, -0.05) is 30.3 Å². The van der Waals surface area contributed by atoms with Crippen molar-refractivity contribution in [2.24, 2.45) is 0 Å². The third kappa shape index (κ3) is 5.82. The Labute approximate surface area is 193 Å². The van der Waals surface area contributed by atoms with Crippen LogP contribution in [0.25, 0.3) is 0 Å². The van der Waals surface area contributed by atoms with Crippen LogP contribution >= 0.6 is 0 Å². The zero-order valence-corrected chi connectivity index (χ0v) is 18.9. The van der Waals surface area contributed by atoms with Crippen LogP contribution in [0.3, 0.4) is 0 Å². The van der Waals surface area contributed by atoms with Gasteiger partial charge in [0.2, 0.25) is 5.91 Å². The van der Waals surface area contributed by atoms with Crippen LogP contribution in [-0.2, 0) is 11.3 Å². The van der Waals surface area contributed by atoms with Crippen molar-refractivity contribution < 1.29 is 18.7 Å². The number of nitrogens with zero attached hydrogens (tertiary/aromatic N) is 2. The Morgan fingerprint density at radius 1 is 1.06 bits per heavy atom. The summed E-state index contributed by atoms with van der Waals surface area (Å²) in [6.45, 7) is 2.30. The minimum atomic E-state index is -0.291. The number of rotatable bonds is 6. The number of hydrogen-bond donors (Lipinski definition) is 2. The maximum absolute atomic E-state index is 13.0. The van der Waals surface area contributed by atoms with Crippen LogP contribution < -0.4 is 15.4 Å². The van der Waals surface area contributed by atoms with Gasteiger partial charge in [0.05, 0.1) is 6.04 Å². The number of benzene rings is 2. The molecule has 176 valence electrons. The number of ether oxygens (including phenoxy) is 1. The summed E-state index contributed by atoms with van der Waals surface area (Å²) in [6, 6.07) is 15.7. The molecule has 8 heteroatoms. The van der Waals surface area contributed by atoms with Crippen molar-refractivity contribution in [2.45, 2.75) is 44.0 Å². The molecule has 2 N–H and O–H groups in total. The van der Waals surface area contributed by atoms with Crippen molar-refractivity contribution in [3.63, 3.8) is 0 Å². The van der Waals surface area contributed by atoms with Crippen molar-refractivity contribution in [3.8, 4) is 5.75 Å². The standard InChI is InChI=1S/C25H31FN4O3/c1-27-24(31)23-15-22(33-21-5-3-2-4-6-21)17-30(23)20-11-13-29(14-12-20)25(32)28-16-18-7-9-19(26)10-8-18/h2-10,20,22-23H,11-17H2,1H3,(H,27,31)(H,28,32)/t22-,23-/m0/s1. The molecule has 0 saturated carbocycles. The second-order valence-corrected chi connectivity index (χ2v) is 8.62. The molecular weight excluding hydrogens is 423 g/mol. The lowest BCUT2D eigenvalue weighted by molar-refractivity contribution is -0.126. The third-order valence-corrected chi connectivity index (χ3v) is 6.47. The molecule has 3 amide bonds. The first-order chi connectivity index (χ1) is 16.0. The SMILES string of the molecule is CNC(=O)[C@@H]1C[C@H](Oc2ccccc2)CN1C1CCN(C(=O)NCc2ccc(F)cc2)CC1.